The molecule has 0 spiro atoms. The van der Waals surface area contributed by atoms with Gasteiger partial charge >= 0.3 is 0 Å². The summed E-state index contributed by atoms with van der Waals surface area (Å²) in [6, 6.07) is 23.0. The van der Waals surface area contributed by atoms with Crippen LogP contribution in [-0.2, 0) is 5.41 Å². The van der Waals surface area contributed by atoms with Gasteiger partial charge in [-0.05, 0) is 105 Å². The number of unbranched alkanes of at least 4 members (excludes halogenated alkanes) is 28. The first-order valence-corrected chi connectivity index (χ1v) is 42.1. The molecule has 0 atom stereocenters. The van der Waals surface area contributed by atoms with Gasteiger partial charge in [0.15, 0.2) is 0 Å². The molecule has 8 heteroatoms. The van der Waals surface area contributed by atoms with Crippen LogP contribution in [0.4, 0.5) is 0 Å². The summed E-state index contributed by atoms with van der Waals surface area (Å²) >= 11 is 7.59. The van der Waals surface area contributed by atoms with Gasteiger partial charge in [-0.1, -0.05) is 307 Å². The van der Waals surface area contributed by atoms with Crippen LogP contribution < -0.4 is 10.4 Å². The largest absolute Gasteiger partial charge is 0.311 e. The van der Waals surface area contributed by atoms with E-state index in [9.17, 15) is 0 Å². The predicted molar refractivity (Wildman–Crippen MR) is 410 cm³/mol. The van der Waals surface area contributed by atoms with E-state index in [0.717, 1.165) is 82.9 Å². The van der Waals surface area contributed by atoms with E-state index in [1.807, 2.05) is 45.3 Å². The van der Waals surface area contributed by atoms with Gasteiger partial charge in [0.25, 0.3) is 11.8 Å². The van der Waals surface area contributed by atoms with Crippen LogP contribution >= 0.6 is 45.3 Å². The minimum absolute atomic E-state index is 0.124. The summed E-state index contributed by atoms with van der Waals surface area (Å²) in [5, 5.41) is 1.98. The molecule has 0 radical (unpaired) electrons. The maximum absolute atomic E-state index is 15.7. The van der Waals surface area contributed by atoms with Crippen molar-refractivity contribution in [1.29, 1.82) is 0 Å². The molecule has 4 nitrogen and oxygen atoms in total. The molecule has 6 heterocycles. The van der Waals surface area contributed by atoms with E-state index >= 15 is 9.59 Å². The van der Waals surface area contributed by atoms with Gasteiger partial charge in [0.1, 0.15) is 0 Å². The second-order valence-corrected chi connectivity index (χ2v) is 33.8. The van der Waals surface area contributed by atoms with Crippen LogP contribution in [0.1, 0.15) is 369 Å². The Morgan fingerprint density at radius 2 is 0.663 bits per heavy atom. The van der Waals surface area contributed by atoms with Crippen molar-refractivity contribution in [3.05, 3.63) is 92.0 Å². The Hall–Kier alpha value is -3.30. The van der Waals surface area contributed by atoms with Gasteiger partial charge in [-0.3, -0.25) is 9.59 Å². The molecule has 0 fully saturated rings. The lowest BCUT2D eigenvalue weighted by atomic mass is 9.82. The molecule has 0 bridgehead atoms. The number of nitrogens with zero attached hydrogens (tertiary/aromatic N) is 2. The van der Waals surface area contributed by atoms with Crippen molar-refractivity contribution in [1.82, 2.24) is 9.80 Å². The number of carbonyl (C=O) groups is 2. The van der Waals surface area contributed by atoms with Gasteiger partial charge in [0, 0.05) is 85.3 Å². The average Bonchev–Trinajstić information content (AvgIpc) is 1.56. The quantitative estimate of drug-likeness (QED) is 0.0364. The van der Waals surface area contributed by atoms with Crippen molar-refractivity contribution >= 4 is 68.6 Å². The monoisotopic (exact) mass is 1330 g/mol. The standard InChI is InChI=1S/C84H130N2O2S4/c1-11-18-22-26-30-34-38-42-46-65(47-43-39-35-31-27-23-19-12-2)58-61-85-79(77-55-54-74(91-77)73-51-50-71(89-73)72-52-53-75(90-72)76-56-57-78(92-76)84(10,16-6)17-7)67-63-70-68(64-69(67)81(85)87)80(83(8,9)60-15-5)86(82(70)88)62-59-66(48-44-40-36-32-28-24-20-13-3)49-45-41-37-33-29-25-21-14-4/h50-57,63-66H,11-49,58-62H2,1-10H3. The van der Waals surface area contributed by atoms with E-state index in [0.29, 0.717) is 18.4 Å². The second-order valence-electron chi connectivity index (χ2n) is 29.5. The van der Waals surface area contributed by atoms with Crippen molar-refractivity contribution in [2.45, 2.75) is 344 Å². The highest BCUT2D eigenvalue weighted by molar-refractivity contribution is 7.28. The number of rotatable bonds is 52. The number of fused-ring (bicyclic) bond motifs is 2. The molecular formula is C84H130N2O2S4. The third-order valence-electron chi connectivity index (χ3n) is 21.6. The fourth-order valence-corrected chi connectivity index (χ4v) is 19.9. The van der Waals surface area contributed by atoms with E-state index in [1.54, 1.807) is 0 Å². The molecule has 0 aliphatic carbocycles. The minimum Gasteiger partial charge on any atom is -0.311 e. The lowest BCUT2D eigenvalue weighted by Gasteiger charge is -2.34. The van der Waals surface area contributed by atoms with Crippen LogP contribution in [0.2, 0.25) is 0 Å². The molecule has 0 unspecified atom stereocenters. The van der Waals surface area contributed by atoms with Gasteiger partial charge in [0.05, 0.1) is 10.6 Å². The van der Waals surface area contributed by atoms with E-state index < -0.39 is 0 Å². The lowest BCUT2D eigenvalue weighted by molar-refractivity contribution is 0.0816. The number of carbonyl (C=O) groups excluding carboxylic acids is 2. The van der Waals surface area contributed by atoms with Crippen molar-refractivity contribution in [3.63, 3.8) is 0 Å². The van der Waals surface area contributed by atoms with Gasteiger partial charge in [-0.15, -0.1) is 45.3 Å². The SMILES string of the molecule is CCCCCCCCCCC(CCCCCCCCCC)CCN1C(=O)c2cc3c(cc2=C1c1ccc(-c2ccc(-c4ccc(-c5ccc(C(C)(CC)CC)s5)s4)s2)s1)C(=O)N(CCC(CCCCCCCCCC)CCCCCCCCCC)C=3C(C)(C)CCC. The number of benzene rings is 1. The minimum atomic E-state index is -0.229. The van der Waals surface area contributed by atoms with Gasteiger partial charge < -0.3 is 9.80 Å². The molecule has 512 valence electrons. The predicted octanol–water partition coefficient (Wildman–Crippen LogP) is 27.1. The third kappa shape index (κ3) is 22.4. The maximum Gasteiger partial charge on any atom is 0.259 e. The van der Waals surface area contributed by atoms with Gasteiger partial charge in [-0.25, -0.2) is 0 Å². The van der Waals surface area contributed by atoms with Crippen LogP contribution in [0.15, 0.2) is 60.7 Å². The Morgan fingerprint density at radius 1 is 0.348 bits per heavy atom. The molecule has 2 aliphatic rings. The summed E-state index contributed by atoms with van der Waals surface area (Å²) in [6.45, 7) is 24.8. The molecular weight excluding hydrogens is 1200 g/mol. The Labute approximate surface area is 579 Å². The Morgan fingerprint density at radius 3 is 1.05 bits per heavy atom. The first-order chi connectivity index (χ1) is 44.8. The van der Waals surface area contributed by atoms with Crippen LogP contribution in [0.3, 0.4) is 0 Å². The molecule has 5 aromatic rings. The van der Waals surface area contributed by atoms with Gasteiger partial charge in [0.2, 0.25) is 0 Å². The molecule has 0 N–H and O–H groups in total. The number of hydrogen-bond acceptors (Lipinski definition) is 6. The molecule has 1 aromatic carbocycles. The summed E-state index contributed by atoms with van der Waals surface area (Å²) in [6.07, 6.45) is 54.4. The second kappa shape index (κ2) is 41.1. The van der Waals surface area contributed by atoms with Crippen molar-refractivity contribution in [3.8, 4) is 29.3 Å². The van der Waals surface area contributed by atoms with E-state index in [-0.39, 0.29) is 22.6 Å². The fraction of sp³-hybridized carbons (Fsp3) is 0.690. The van der Waals surface area contributed by atoms with Crippen LogP contribution in [0, 0.1) is 17.3 Å². The number of amides is 2. The first-order valence-electron chi connectivity index (χ1n) is 38.8. The van der Waals surface area contributed by atoms with E-state index in [2.05, 4.69) is 140 Å². The van der Waals surface area contributed by atoms with Crippen LogP contribution in [-0.4, -0.2) is 34.7 Å². The molecule has 2 amide bonds. The molecule has 92 heavy (non-hydrogen) atoms. The summed E-state index contributed by atoms with van der Waals surface area (Å²) < 4.78 is 0. The normalized spacial score (nSPS) is 13.7. The van der Waals surface area contributed by atoms with Crippen molar-refractivity contribution < 1.29 is 9.59 Å². The maximum atomic E-state index is 15.7. The van der Waals surface area contributed by atoms with Crippen LogP contribution in [0.5, 0.6) is 0 Å². The molecule has 7 rings (SSSR count). The molecule has 2 aliphatic heterocycles. The average molecular weight is 1330 g/mol. The zero-order valence-corrected chi connectivity index (χ0v) is 63.7. The summed E-state index contributed by atoms with van der Waals surface area (Å²) in [5.41, 5.74) is 3.77. The number of hydrogen-bond donors (Lipinski definition) is 0. The summed E-state index contributed by atoms with van der Waals surface area (Å²) in [7, 11) is 0. The smallest absolute Gasteiger partial charge is 0.259 e. The molecule has 0 saturated heterocycles. The van der Waals surface area contributed by atoms with E-state index in [1.165, 1.54) is 265 Å². The Balaban J connectivity index is 1.19. The Bertz CT molecular complexity index is 2990. The van der Waals surface area contributed by atoms with Crippen molar-refractivity contribution in [2.75, 3.05) is 13.1 Å². The zero-order chi connectivity index (χ0) is 65.6. The molecule has 0 saturated carbocycles. The summed E-state index contributed by atoms with van der Waals surface area (Å²) in [4.78, 5) is 46.2. The number of thiophene rings is 4. The first kappa shape index (κ1) is 76.1. The molecule has 4 aromatic heterocycles. The summed E-state index contributed by atoms with van der Waals surface area (Å²) in [5.74, 6) is 1.48. The lowest BCUT2D eigenvalue weighted by Crippen LogP contribution is -2.34. The third-order valence-corrected chi connectivity index (χ3v) is 26.8. The van der Waals surface area contributed by atoms with Crippen LogP contribution in [0.25, 0.3) is 40.7 Å². The zero-order valence-electron chi connectivity index (χ0n) is 60.4. The highest BCUT2D eigenvalue weighted by Gasteiger charge is 2.40. The fourth-order valence-electron chi connectivity index (χ4n) is 15.2. The highest BCUT2D eigenvalue weighted by Crippen LogP contribution is 2.47. The topological polar surface area (TPSA) is 40.6 Å². The van der Waals surface area contributed by atoms with E-state index in [4.69, 9.17) is 0 Å². The highest BCUT2D eigenvalue weighted by atomic mass is 32.1. The van der Waals surface area contributed by atoms with Crippen molar-refractivity contribution in [2.24, 2.45) is 17.3 Å². The van der Waals surface area contributed by atoms with Gasteiger partial charge in [-0.2, -0.15) is 0 Å². The Kier molecular flexibility index (Phi) is 34.0.